The molecule has 1 aromatic rings. The zero-order valence-corrected chi connectivity index (χ0v) is 16.5. The fourth-order valence-corrected chi connectivity index (χ4v) is 4.17. The van der Waals surface area contributed by atoms with E-state index in [1.165, 1.54) is 30.5 Å². The Morgan fingerprint density at radius 2 is 1.92 bits per heavy atom. The molecule has 1 aliphatic rings. The van der Waals surface area contributed by atoms with Gasteiger partial charge in [0.1, 0.15) is 5.75 Å². The maximum absolute atomic E-state index is 12.4. The smallest absolute Gasteiger partial charge is 0.221 e. The van der Waals surface area contributed by atoms with Gasteiger partial charge in [0, 0.05) is 13.0 Å². The van der Waals surface area contributed by atoms with E-state index < -0.39 is 9.84 Å². The topological polar surface area (TPSA) is 72.5 Å². The van der Waals surface area contributed by atoms with Crippen molar-refractivity contribution in [3.8, 4) is 5.75 Å². The highest BCUT2D eigenvalue weighted by Crippen LogP contribution is 2.20. The van der Waals surface area contributed by atoms with Gasteiger partial charge in [-0.25, -0.2) is 8.42 Å². The SMILES string of the molecule is CC(C)Oc1ccc(S(=O)(=O)CCC(=O)NCCC2=CCCCC2)cc1. The van der Waals surface area contributed by atoms with Crippen LogP contribution in [0.15, 0.2) is 40.8 Å². The molecular formula is C20H29NO4S. The number of benzene rings is 1. The molecule has 0 spiro atoms. The lowest BCUT2D eigenvalue weighted by Gasteiger charge is -2.13. The minimum atomic E-state index is -3.47. The van der Waals surface area contributed by atoms with Gasteiger partial charge in [-0.2, -0.15) is 0 Å². The Kier molecular flexibility index (Phi) is 7.69. The molecule has 0 aromatic heterocycles. The Morgan fingerprint density at radius 3 is 2.54 bits per heavy atom. The standard InChI is InChI=1S/C20H29NO4S/c1-16(2)25-18-8-10-19(11-9-18)26(23,24)15-13-20(22)21-14-12-17-6-4-3-5-7-17/h6,8-11,16H,3-5,7,12-15H2,1-2H3,(H,21,22). The fraction of sp³-hybridized carbons (Fsp3) is 0.550. The monoisotopic (exact) mass is 379 g/mol. The molecule has 5 nitrogen and oxygen atoms in total. The maximum Gasteiger partial charge on any atom is 0.221 e. The summed E-state index contributed by atoms with van der Waals surface area (Å²) in [6, 6.07) is 6.34. The number of rotatable bonds is 9. The number of ether oxygens (including phenoxy) is 1. The molecule has 1 aromatic carbocycles. The summed E-state index contributed by atoms with van der Waals surface area (Å²) in [6.45, 7) is 4.40. The molecular weight excluding hydrogens is 350 g/mol. The number of sulfone groups is 1. The summed E-state index contributed by atoms with van der Waals surface area (Å²) in [5, 5.41) is 2.82. The van der Waals surface area contributed by atoms with Crippen LogP contribution in [0, 0.1) is 0 Å². The first-order valence-electron chi connectivity index (χ1n) is 9.31. The zero-order chi connectivity index (χ0) is 19.0. The van der Waals surface area contributed by atoms with Gasteiger partial charge in [-0.05, 0) is 70.2 Å². The largest absolute Gasteiger partial charge is 0.491 e. The third-order valence-electron chi connectivity index (χ3n) is 4.31. The molecule has 1 amide bonds. The van der Waals surface area contributed by atoms with Gasteiger partial charge in [0.05, 0.1) is 16.8 Å². The first-order chi connectivity index (χ1) is 12.4. The molecule has 0 bridgehead atoms. The first kappa shape index (κ1) is 20.5. The third kappa shape index (κ3) is 6.83. The average Bonchev–Trinajstić information content (AvgIpc) is 2.61. The lowest BCUT2D eigenvalue weighted by Crippen LogP contribution is -2.27. The quantitative estimate of drug-likeness (QED) is 0.665. The van der Waals surface area contributed by atoms with Gasteiger partial charge in [-0.15, -0.1) is 0 Å². The molecule has 1 N–H and O–H groups in total. The van der Waals surface area contributed by atoms with Crippen molar-refractivity contribution in [3.05, 3.63) is 35.9 Å². The highest BCUT2D eigenvalue weighted by atomic mass is 32.2. The highest BCUT2D eigenvalue weighted by Gasteiger charge is 2.16. The van der Waals surface area contributed by atoms with E-state index in [2.05, 4.69) is 11.4 Å². The van der Waals surface area contributed by atoms with Gasteiger partial charge >= 0.3 is 0 Å². The van der Waals surface area contributed by atoms with E-state index in [1.807, 2.05) is 13.8 Å². The van der Waals surface area contributed by atoms with Gasteiger partial charge in [0.15, 0.2) is 9.84 Å². The number of carbonyl (C=O) groups excluding carboxylic acids is 1. The molecule has 26 heavy (non-hydrogen) atoms. The van der Waals surface area contributed by atoms with Crippen LogP contribution in [0.25, 0.3) is 0 Å². The third-order valence-corrected chi connectivity index (χ3v) is 6.04. The van der Waals surface area contributed by atoms with E-state index >= 15 is 0 Å². The number of nitrogens with one attached hydrogen (secondary N) is 1. The molecule has 2 rings (SSSR count). The van der Waals surface area contributed by atoms with Crippen molar-refractivity contribution in [1.82, 2.24) is 5.32 Å². The Bertz CT molecular complexity index is 721. The van der Waals surface area contributed by atoms with Crippen LogP contribution < -0.4 is 10.1 Å². The molecule has 0 saturated heterocycles. The number of allylic oxidation sites excluding steroid dienone is 1. The van der Waals surface area contributed by atoms with Gasteiger partial charge < -0.3 is 10.1 Å². The second kappa shape index (κ2) is 9.76. The summed E-state index contributed by atoms with van der Waals surface area (Å²) in [5.41, 5.74) is 1.40. The van der Waals surface area contributed by atoms with Crippen molar-refractivity contribution < 1.29 is 17.9 Å². The zero-order valence-electron chi connectivity index (χ0n) is 15.7. The van der Waals surface area contributed by atoms with Crippen LogP contribution in [0.5, 0.6) is 5.75 Å². The van der Waals surface area contributed by atoms with Crippen molar-refractivity contribution in [2.24, 2.45) is 0 Å². The van der Waals surface area contributed by atoms with E-state index in [-0.39, 0.29) is 29.1 Å². The van der Waals surface area contributed by atoms with E-state index in [0.717, 1.165) is 19.3 Å². The van der Waals surface area contributed by atoms with Crippen LogP contribution >= 0.6 is 0 Å². The molecule has 0 heterocycles. The molecule has 144 valence electrons. The Balaban J connectivity index is 1.77. The summed E-state index contributed by atoms with van der Waals surface area (Å²) >= 11 is 0. The fourth-order valence-electron chi connectivity index (χ4n) is 2.93. The molecule has 6 heteroatoms. The molecule has 0 unspecified atom stereocenters. The number of amides is 1. The molecule has 0 radical (unpaired) electrons. The molecule has 0 saturated carbocycles. The lowest BCUT2D eigenvalue weighted by atomic mass is 9.97. The molecule has 0 fully saturated rings. The summed E-state index contributed by atoms with van der Waals surface area (Å²) in [7, 11) is -3.47. The van der Waals surface area contributed by atoms with Crippen LogP contribution in [-0.2, 0) is 14.6 Å². The van der Waals surface area contributed by atoms with Crippen molar-refractivity contribution in [1.29, 1.82) is 0 Å². The summed E-state index contributed by atoms with van der Waals surface area (Å²) in [4.78, 5) is 12.1. The summed E-state index contributed by atoms with van der Waals surface area (Å²) in [6.07, 6.45) is 7.83. The second-order valence-electron chi connectivity index (χ2n) is 6.91. The number of hydrogen-bond acceptors (Lipinski definition) is 4. The predicted octanol–water partition coefficient (Wildman–Crippen LogP) is 3.64. The Hall–Kier alpha value is -1.82. The van der Waals surface area contributed by atoms with E-state index in [4.69, 9.17) is 4.74 Å². The van der Waals surface area contributed by atoms with Crippen LogP contribution in [0.4, 0.5) is 0 Å². The van der Waals surface area contributed by atoms with E-state index in [9.17, 15) is 13.2 Å². The normalized spacial score (nSPS) is 14.8. The van der Waals surface area contributed by atoms with Gasteiger partial charge in [-0.3, -0.25) is 4.79 Å². The van der Waals surface area contributed by atoms with Crippen molar-refractivity contribution in [2.45, 2.75) is 63.4 Å². The molecule has 1 aliphatic carbocycles. The Morgan fingerprint density at radius 1 is 1.19 bits per heavy atom. The van der Waals surface area contributed by atoms with Gasteiger partial charge in [0.2, 0.25) is 5.91 Å². The van der Waals surface area contributed by atoms with Crippen molar-refractivity contribution in [3.63, 3.8) is 0 Å². The van der Waals surface area contributed by atoms with Crippen LogP contribution in [0.3, 0.4) is 0 Å². The minimum Gasteiger partial charge on any atom is -0.491 e. The lowest BCUT2D eigenvalue weighted by molar-refractivity contribution is -0.120. The number of hydrogen-bond donors (Lipinski definition) is 1. The van der Waals surface area contributed by atoms with Crippen molar-refractivity contribution in [2.75, 3.05) is 12.3 Å². The van der Waals surface area contributed by atoms with E-state index in [0.29, 0.717) is 12.3 Å². The van der Waals surface area contributed by atoms with Gasteiger partial charge in [-0.1, -0.05) is 11.6 Å². The second-order valence-corrected chi connectivity index (χ2v) is 9.02. The number of carbonyl (C=O) groups is 1. The summed E-state index contributed by atoms with van der Waals surface area (Å²) < 4.78 is 30.2. The Labute approximate surface area is 156 Å². The summed E-state index contributed by atoms with van der Waals surface area (Å²) in [5.74, 6) is 0.227. The van der Waals surface area contributed by atoms with Crippen molar-refractivity contribution >= 4 is 15.7 Å². The highest BCUT2D eigenvalue weighted by molar-refractivity contribution is 7.91. The molecule has 0 atom stereocenters. The minimum absolute atomic E-state index is 0.0222. The van der Waals surface area contributed by atoms with E-state index in [1.54, 1.807) is 12.1 Å². The average molecular weight is 380 g/mol. The van der Waals surface area contributed by atoms with Crippen LogP contribution in [0.1, 0.15) is 52.4 Å². The van der Waals surface area contributed by atoms with Crippen LogP contribution in [-0.4, -0.2) is 32.7 Å². The molecule has 0 aliphatic heterocycles. The van der Waals surface area contributed by atoms with Crippen LogP contribution in [0.2, 0.25) is 0 Å². The van der Waals surface area contributed by atoms with Gasteiger partial charge in [0.25, 0.3) is 0 Å². The first-order valence-corrected chi connectivity index (χ1v) is 11.0. The maximum atomic E-state index is 12.4. The predicted molar refractivity (Wildman–Crippen MR) is 103 cm³/mol.